The number of carbonyl (C=O) groups excluding carboxylic acids is 2. The maximum Gasteiger partial charge on any atom is 0.310 e. The zero-order chi connectivity index (χ0) is 19.1. The molecule has 0 radical (unpaired) electrons. The molecular weight excluding hydrogens is 334 g/mol. The van der Waals surface area contributed by atoms with Gasteiger partial charge in [-0.2, -0.15) is 0 Å². The molecule has 0 N–H and O–H groups in total. The monoisotopic (exact) mass is 359 g/mol. The molecule has 6 heteroatoms. The van der Waals surface area contributed by atoms with Crippen LogP contribution < -0.4 is 4.74 Å². The van der Waals surface area contributed by atoms with Gasteiger partial charge in [-0.3, -0.25) is 9.59 Å². The molecule has 6 nitrogen and oxygen atoms in total. The third-order valence-corrected chi connectivity index (χ3v) is 4.13. The number of rotatable bonds is 8. The van der Waals surface area contributed by atoms with Gasteiger partial charge in [-0.25, -0.2) is 0 Å². The Bertz CT molecular complexity index is 718. The van der Waals surface area contributed by atoms with Crippen LogP contribution in [-0.4, -0.2) is 37.0 Å². The van der Waals surface area contributed by atoms with Crippen molar-refractivity contribution in [1.82, 2.24) is 4.90 Å². The standard InChI is InChI=1S/C20H25NO5/c1-14-7-5-8-15(2)19(14)26-13-18(22)21(11-16(3)20(23)24-4)12-17-9-6-10-25-17/h5-10,16H,11-13H2,1-4H3. The molecule has 1 aromatic carbocycles. The summed E-state index contributed by atoms with van der Waals surface area (Å²) >= 11 is 0. The summed E-state index contributed by atoms with van der Waals surface area (Å²) in [7, 11) is 1.33. The molecule has 1 unspecified atom stereocenters. The normalized spacial score (nSPS) is 11.7. The Morgan fingerprint density at radius 1 is 1.15 bits per heavy atom. The zero-order valence-corrected chi connectivity index (χ0v) is 15.7. The Kier molecular flexibility index (Phi) is 6.83. The van der Waals surface area contributed by atoms with Crippen molar-refractivity contribution in [3.05, 3.63) is 53.5 Å². The quantitative estimate of drug-likeness (QED) is 0.678. The molecule has 2 aromatic rings. The molecule has 0 spiro atoms. The molecule has 0 saturated carbocycles. The maximum absolute atomic E-state index is 12.7. The van der Waals surface area contributed by atoms with Crippen molar-refractivity contribution in [3.8, 4) is 5.75 Å². The van der Waals surface area contributed by atoms with Gasteiger partial charge in [0.15, 0.2) is 6.61 Å². The summed E-state index contributed by atoms with van der Waals surface area (Å²) in [5.74, 6) is 0.319. The van der Waals surface area contributed by atoms with E-state index in [9.17, 15) is 9.59 Å². The smallest absolute Gasteiger partial charge is 0.310 e. The van der Waals surface area contributed by atoms with E-state index in [2.05, 4.69) is 0 Å². The summed E-state index contributed by atoms with van der Waals surface area (Å²) < 4.78 is 15.8. The number of aryl methyl sites for hydroxylation is 2. The lowest BCUT2D eigenvalue weighted by atomic mass is 10.1. The number of methoxy groups -OCH3 is 1. The third kappa shape index (κ3) is 5.12. The molecule has 0 aliphatic heterocycles. The van der Waals surface area contributed by atoms with E-state index in [1.165, 1.54) is 7.11 Å². The number of nitrogens with zero attached hydrogens (tertiary/aromatic N) is 1. The SMILES string of the molecule is COC(=O)C(C)CN(Cc1ccco1)C(=O)COc1c(C)cccc1C. The summed E-state index contributed by atoms with van der Waals surface area (Å²) in [5.41, 5.74) is 1.94. The fourth-order valence-electron chi connectivity index (χ4n) is 2.70. The Labute approximate surface area is 153 Å². The molecule has 0 saturated heterocycles. The van der Waals surface area contributed by atoms with Crippen molar-refractivity contribution in [2.75, 3.05) is 20.3 Å². The second kappa shape index (κ2) is 9.08. The van der Waals surface area contributed by atoms with Crippen molar-refractivity contribution in [2.24, 2.45) is 5.92 Å². The third-order valence-electron chi connectivity index (χ3n) is 4.13. The summed E-state index contributed by atoms with van der Waals surface area (Å²) in [6.07, 6.45) is 1.55. The van der Waals surface area contributed by atoms with Crippen LogP contribution in [0.3, 0.4) is 0 Å². The van der Waals surface area contributed by atoms with Gasteiger partial charge in [-0.1, -0.05) is 25.1 Å². The molecule has 1 aromatic heterocycles. The number of hydrogen-bond acceptors (Lipinski definition) is 5. The first-order valence-electron chi connectivity index (χ1n) is 8.49. The van der Waals surface area contributed by atoms with Gasteiger partial charge in [0.25, 0.3) is 5.91 Å². The van der Waals surface area contributed by atoms with E-state index >= 15 is 0 Å². The summed E-state index contributed by atoms with van der Waals surface area (Å²) in [6, 6.07) is 9.37. The molecule has 0 aliphatic carbocycles. The van der Waals surface area contributed by atoms with Crippen LogP contribution in [0.1, 0.15) is 23.8 Å². The van der Waals surface area contributed by atoms with E-state index in [4.69, 9.17) is 13.9 Å². The minimum absolute atomic E-state index is 0.111. The van der Waals surface area contributed by atoms with Gasteiger partial charge < -0.3 is 18.8 Å². The van der Waals surface area contributed by atoms with Gasteiger partial charge in [0.2, 0.25) is 0 Å². The molecule has 1 atom stereocenters. The molecule has 140 valence electrons. The van der Waals surface area contributed by atoms with Crippen molar-refractivity contribution < 1.29 is 23.5 Å². The Morgan fingerprint density at radius 3 is 2.42 bits per heavy atom. The Hall–Kier alpha value is -2.76. The van der Waals surface area contributed by atoms with Crippen LogP contribution in [0.5, 0.6) is 5.75 Å². The zero-order valence-electron chi connectivity index (χ0n) is 15.7. The van der Waals surface area contributed by atoms with E-state index in [0.717, 1.165) is 11.1 Å². The summed E-state index contributed by atoms with van der Waals surface area (Å²) in [6.45, 7) is 5.98. The highest BCUT2D eigenvalue weighted by molar-refractivity contribution is 5.79. The lowest BCUT2D eigenvalue weighted by Gasteiger charge is -2.24. The number of furan rings is 1. The van der Waals surface area contributed by atoms with Gasteiger partial charge in [-0.05, 0) is 37.1 Å². The van der Waals surface area contributed by atoms with E-state index in [-0.39, 0.29) is 31.6 Å². The van der Waals surface area contributed by atoms with Crippen molar-refractivity contribution in [1.29, 1.82) is 0 Å². The van der Waals surface area contributed by atoms with Gasteiger partial charge >= 0.3 is 5.97 Å². The van der Waals surface area contributed by atoms with E-state index in [1.807, 2.05) is 32.0 Å². The highest BCUT2D eigenvalue weighted by Gasteiger charge is 2.23. The fraction of sp³-hybridized carbons (Fsp3) is 0.400. The molecule has 0 bridgehead atoms. The number of hydrogen-bond donors (Lipinski definition) is 0. The lowest BCUT2D eigenvalue weighted by Crippen LogP contribution is -2.39. The van der Waals surface area contributed by atoms with Gasteiger partial charge in [0.05, 0.1) is 25.8 Å². The van der Waals surface area contributed by atoms with Crippen molar-refractivity contribution >= 4 is 11.9 Å². The fourth-order valence-corrected chi connectivity index (χ4v) is 2.70. The number of ether oxygens (including phenoxy) is 2. The predicted molar refractivity (Wildman–Crippen MR) is 96.7 cm³/mol. The maximum atomic E-state index is 12.7. The van der Waals surface area contributed by atoms with Crippen LogP contribution in [0.2, 0.25) is 0 Å². The number of carbonyl (C=O) groups is 2. The topological polar surface area (TPSA) is 69.0 Å². The van der Waals surface area contributed by atoms with E-state index in [0.29, 0.717) is 11.5 Å². The first-order chi connectivity index (χ1) is 12.4. The second-order valence-corrected chi connectivity index (χ2v) is 6.29. The van der Waals surface area contributed by atoms with E-state index < -0.39 is 5.92 Å². The number of para-hydroxylation sites is 1. The summed E-state index contributed by atoms with van der Waals surface area (Å²) in [5, 5.41) is 0. The molecule has 2 rings (SSSR count). The minimum atomic E-state index is -0.445. The van der Waals surface area contributed by atoms with Gasteiger partial charge in [-0.15, -0.1) is 0 Å². The van der Waals surface area contributed by atoms with Crippen LogP contribution >= 0.6 is 0 Å². The van der Waals surface area contributed by atoms with Crippen LogP contribution in [0.4, 0.5) is 0 Å². The van der Waals surface area contributed by atoms with Gasteiger partial charge in [0, 0.05) is 6.54 Å². The molecule has 26 heavy (non-hydrogen) atoms. The number of benzene rings is 1. The first-order valence-corrected chi connectivity index (χ1v) is 8.49. The van der Waals surface area contributed by atoms with Gasteiger partial charge in [0.1, 0.15) is 11.5 Å². The van der Waals surface area contributed by atoms with Crippen LogP contribution in [-0.2, 0) is 20.9 Å². The number of esters is 1. The average molecular weight is 359 g/mol. The second-order valence-electron chi connectivity index (χ2n) is 6.29. The van der Waals surface area contributed by atoms with Crippen LogP contribution in [0.15, 0.2) is 41.0 Å². The Balaban J connectivity index is 2.07. The predicted octanol–water partition coefficient (Wildman–Crippen LogP) is 3.11. The van der Waals surface area contributed by atoms with Crippen LogP contribution in [0, 0.1) is 19.8 Å². The molecular formula is C20H25NO5. The summed E-state index contributed by atoms with van der Waals surface area (Å²) in [4.78, 5) is 26.0. The van der Waals surface area contributed by atoms with Crippen molar-refractivity contribution in [2.45, 2.75) is 27.3 Å². The number of amides is 1. The molecule has 0 fully saturated rings. The highest BCUT2D eigenvalue weighted by Crippen LogP contribution is 2.22. The Morgan fingerprint density at radius 2 is 1.85 bits per heavy atom. The largest absolute Gasteiger partial charge is 0.483 e. The minimum Gasteiger partial charge on any atom is -0.483 e. The molecule has 1 heterocycles. The van der Waals surface area contributed by atoms with E-state index in [1.54, 1.807) is 30.2 Å². The first kappa shape index (κ1) is 19.6. The highest BCUT2D eigenvalue weighted by atomic mass is 16.5. The molecule has 1 amide bonds. The van der Waals surface area contributed by atoms with Crippen LogP contribution in [0.25, 0.3) is 0 Å². The molecule has 0 aliphatic rings. The lowest BCUT2D eigenvalue weighted by molar-refractivity contribution is -0.147. The average Bonchev–Trinajstić information content (AvgIpc) is 3.12. The van der Waals surface area contributed by atoms with Crippen molar-refractivity contribution in [3.63, 3.8) is 0 Å².